The minimum atomic E-state index is -0.488. The molecule has 74 valence electrons. The second kappa shape index (κ2) is 2.35. The molecule has 4 atom stereocenters. The molecule has 3 saturated carbocycles. The summed E-state index contributed by atoms with van der Waals surface area (Å²) < 4.78 is 0. The van der Waals surface area contributed by atoms with E-state index >= 15 is 0 Å². The van der Waals surface area contributed by atoms with Crippen molar-refractivity contribution in [1.82, 2.24) is 0 Å². The highest BCUT2D eigenvalue weighted by Crippen LogP contribution is 2.65. The van der Waals surface area contributed by atoms with Crippen LogP contribution in [0.3, 0.4) is 0 Å². The van der Waals surface area contributed by atoms with Crippen LogP contribution in [0, 0.1) is 22.7 Å². The van der Waals surface area contributed by atoms with Crippen molar-refractivity contribution in [3.63, 3.8) is 0 Å². The van der Waals surface area contributed by atoms with Crippen LogP contribution in [0.5, 0.6) is 0 Å². The number of hydrogen-bond acceptors (Lipinski definition) is 2. The van der Waals surface area contributed by atoms with E-state index in [1.807, 2.05) is 6.92 Å². The van der Waals surface area contributed by atoms with Gasteiger partial charge in [-0.3, -0.25) is 0 Å². The molecule has 13 heavy (non-hydrogen) atoms. The third kappa shape index (κ3) is 0.899. The Morgan fingerprint density at radius 2 is 1.92 bits per heavy atom. The molecular formula is C11H18O2. The zero-order valence-corrected chi connectivity index (χ0v) is 8.58. The van der Waals surface area contributed by atoms with Gasteiger partial charge in [0.05, 0.1) is 11.5 Å². The Kier molecular flexibility index (Phi) is 1.66. The van der Waals surface area contributed by atoms with Crippen molar-refractivity contribution in [3.8, 4) is 0 Å². The highest BCUT2D eigenvalue weighted by molar-refractivity contribution is 5.62. The highest BCUT2D eigenvalue weighted by Gasteiger charge is 2.62. The quantitative estimate of drug-likeness (QED) is 0.626. The minimum Gasteiger partial charge on any atom is -0.392 e. The predicted molar refractivity (Wildman–Crippen MR) is 50.2 cm³/mol. The minimum absolute atomic E-state index is 0.259. The van der Waals surface area contributed by atoms with Crippen LogP contribution >= 0.6 is 0 Å². The Labute approximate surface area is 79.3 Å². The number of carbonyl (C=O) groups excluding carboxylic acids is 1. The first-order valence-electron chi connectivity index (χ1n) is 5.07. The van der Waals surface area contributed by atoms with E-state index < -0.39 is 11.5 Å². The van der Waals surface area contributed by atoms with Crippen LogP contribution in [0.15, 0.2) is 0 Å². The average Bonchev–Trinajstić information content (AvgIpc) is 2.08. The van der Waals surface area contributed by atoms with Crippen molar-refractivity contribution in [1.29, 1.82) is 0 Å². The lowest BCUT2D eigenvalue weighted by Gasteiger charge is -2.64. The summed E-state index contributed by atoms with van der Waals surface area (Å²) in [7, 11) is 0. The van der Waals surface area contributed by atoms with Crippen LogP contribution < -0.4 is 0 Å². The summed E-state index contributed by atoms with van der Waals surface area (Å²) in [6.07, 6.45) is 2.49. The molecule has 2 nitrogen and oxygen atoms in total. The molecule has 3 rings (SSSR count). The molecule has 0 aliphatic heterocycles. The summed E-state index contributed by atoms with van der Waals surface area (Å²) in [6.45, 7) is 6.35. The van der Waals surface area contributed by atoms with Gasteiger partial charge in [0.25, 0.3) is 0 Å². The maximum Gasteiger partial charge on any atom is 0.128 e. The Balaban J connectivity index is 2.32. The maximum atomic E-state index is 11.1. The van der Waals surface area contributed by atoms with Gasteiger partial charge in [0.1, 0.15) is 6.29 Å². The van der Waals surface area contributed by atoms with E-state index in [0.717, 1.165) is 19.1 Å². The molecule has 0 radical (unpaired) electrons. The number of aliphatic hydroxyl groups excluding tert-OH is 1. The number of fused-ring (bicyclic) bond motifs is 2. The van der Waals surface area contributed by atoms with E-state index in [1.165, 1.54) is 0 Å². The molecule has 0 saturated heterocycles. The van der Waals surface area contributed by atoms with E-state index in [4.69, 9.17) is 0 Å². The van der Waals surface area contributed by atoms with Gasteiger partial charge in [-0.05, 0) is 30.1 Å². The van der Waals surface area contributed by atoms with Gasteiger partial charge in [-0.1, -0.05) is 20.8 Å². The third-order valence-corrected chi connectivity index (χ3v) is 4.70. The Morgan fingerprint density at radius 1 is 1.31 bits per heavy atom. The molecule has 0 amide bonds. The summed E-state index contributed by atoms with van der Waals surface area (Å²) in [4.78, 5) is 11.1. The summed E-state index contributed by atoms with van der Waals surface area (Å²) in [6, 6.07) is 0. The highest BCUT2D eigenvalue weighted by atomic mass is 16.3. The Hall–Kier alpha value is -0.370. The average molecular weight is 182 g/mol. The molecule has 3 aliphatic carbocycles. The molecule has 3 fully saturated rings. The van der Waals surface area contributed by atoms with Crippen molar-refractivity contribution < 1.29 is 9.90 Å². The van der Waals surface area contributed by atoms with Gasteiger partial charge < -0.3 is 9.90 Å². The van der Waals surface area contributed by atoms with Crippen molar-refractivity contribution in [2.75, 3.05) is 0 Å². The first-order valence-corrected chi connectivity index (χ1v) is 5.07. The number of aldehydes is 1. The molecule has 2 bridgehead atoms. The molecule has 0 aromatic carbocycles. The van der Waals surface area contributed by atoms with Crippen molar-refractivity contribution in [2.45, 2.75) is 39.7 Å². The monoisotopic (exact) mass is 182 g/mol. The lowest BCUT2D eigenvalue weighted by atomic mass is 9.40. The van der Waals surface area contributed by atoms with Gasteiger partial charge in [0, 0.05) is 0 Å². The zero-order chi connectivity index (χ0) is 9.85. The second-order valence-corrected chi connectivity index (χ2v) is 5.54. The van der Waals surface area contributed by atoms with Gasteiger partial charge in [-0.15, -0.1) is 0 Å². The second-order valence-electron chi connectivity index (χ2n) is 5.54. The third-order valence-electron chi connectivity index (χ3n) is 4.70. The summed E-state index contributed by atoms with van der Waals surface area (Å²) >= 11 is 0. The smallest absolute Gasteiger partial charge is 0.128 e. The fourth-order valence-electron chi connectivity index (χ4n) is 3.39. The van der Waals surface area contributed by atoms with E-state index in [1.54, 1.807) is 0 Å². The van der Waals surface area contributed by atoms with Crippen LogP contribution in [-0.4, -0.2) is 17.5 Å². The molecule has 4 unspecified atom stereocenters. The van der Waals surface area contributed by atoms with Crippen molar-refractivity contribution >= 4 is 6.29 Å². The fraction of sp³-hybridized carbons (Fsp3) is 0.909. The lowest BCUT2D eigenvalue weighted by molar-refractivity contribution is -0.200. The molecule has 0 heterocycles. The number of hydrogen-bond donors (Lipinski definition) is 1. The van der Waals surface area contributed by atoms with Crippen LogP contribution in [0.1, 0.15) is 33.6 Å². The summed E-state index contributed by atoms with van der Waals surface area (Å²) in [5.74, 6) is 1.01. The van der Waals surface area contributed by atoms with Gasteiger partial charge in [-0.25, -0.2) is 0 Å². The van der Waals surface area contributed by atoms with Gasteiger partial charge in [-0.2, -0.15) is 0 Å². The van der Waals surface area contributed by atoms with Crippen LogP contribution in [0.4, 0.5) is 0 Å². The standard InChI is InChI=1S/C11H18O2/c1-10(2)7-4-8(10)11(3,6-12)9(13)5-7/h6-9,13H,4-5H2,1-3H3. The Morgan fingerprint density at radius 3 is 2.31 bits per heavy atom. The molecule has 0 aromatic rings. The van der Waals surface area contributed by atoms with E-state index in [-0.39, 0.29) is 5.41 Å². The predicted octanol–water partition coefficient (Wildman–Crippen LogP) is 1.62. The number of rotatable bonds is 1. The van der Waals surface area contributed by atoms with Crippen molar-refractivity contribution in [3.05, 3.63) is 0 Å². The van der Waals surface area contributed by atoms with Gasteiger partial charge in [0.15, 0.2) is 0 Å². The van der Waals surface area contributed by atoms with E-state index in [0.29, 0.717) is 11.8 Å². The maximum absolute atomic E-state index is 11.1. The van der Waals surface area contributed by atoms with Crippen LogP contribution in [-0.2, 0) is 4.79 Å². The summed E-state index contributed by atoms with van der Waals surface area (Å²) in [5, 5.41) is 9.83. The topological polar surface area (TPSA) is 37.3 Å². The Bertz CT molecular complexity index is 246. The van der Waals surface area contributed by atoms with Gasteiger partial charge >= 0.3 is 0 Å². The number of aliphatic hydroxyl groups is 1. The normalized spacial score (nSPS) is 52.5. The first-order chi connectivity index (χ1) is 5.93. The van der Waals surface area contributed by atoms with E-state index in [9.17, 15) is 9.90 Å². The van der Waals surface area contributed by atoms with E-state index in [2.05, 4.69) is 13.8 Å². The molecule has 2 heteroatoms. The van der Waals surface area contributed by atoms with Crippen LogP contribution in [0.25, 0.3) is 0 Å². The fourth-order valence-corrected chi connectivity index (χ4v) is 3.39. The number of carbonyl (C=O) groups is 1. The lowest BCUT2D eigenvalue weighted by Crippen LogP contribution is -2.63. The first kappa shape index (κ1) is 9.20. The van der Waals surface area contributed by atoms with Crippen LogP contribution in [0.2, 0.25) is 0 Å². The van der Waals surface area contributed by atoms with Gasteiger partial charge in [0.2, 0.25) is 0 Å². The molecule has 0 aromatic heterocycles. The molecule has 1 N–H and O–H groups in total. The molecule has 3 aliphatic rings. The molecule has 0 spiro atoms. The SMILES string of the molecule is CC1(C)C2CC(O)C(C)(C=O)C1C2. The largest absolute Gasteiger partial charge is 0.392 e. The zero-order valence-electron chi connectivity index (χ0n) is 8.58. The molecular weight excluding hydrogens is 164 g/mol. The summed E-state index contributed by atoms with van der Waals surface area (Å²) in [5.41, 5.74) is -0.229. The van der Waals surface area contributed by atoms with Crippen molar-refractivity contribution in [2.24, 2.45) is 22.7 Å².